The minimum atomic E-state index is 0.0202. The van der Waals surface area contributed by atoms with Gasteiger partial charge in [-0.15, -0.1) is 0 Å². The molecule has 0 spiro atoms. The van der Waals surface area contributed by atoms with E-state index in [1.54, 1.807) is 0 Å². The maximum atomic E-state index is 12.4. The van der Waals surface area contributed by atoms with Crippen LogP contribution < -0.4 is 10.2 Å². The smallest absolute Gasteiger partial charge is 0.225 e. The van der Waals surface area contributed by atoms with Crippen LogP contribution in [-0.4, -0.2) is 63.4 Å². The second-order valence-corrected chi connectivity index (χ2v) is 8.09. The van der Waals surface area contributed by atoms with Crippen molar-refractivity contribution in [3.63, 3.8) is 0 Å². The summed E-state index contributed by atoms with van der Waals surface area (Å²) in [5.74, 6) is 0.0312. The van der Waals surface area contributed by atoms with Crippen molar-refractivity contribution in [2.75, 3.05) is 62.8 Å². The van der Waals surface area contributed by atoms with Crippen molar-refractivity contribution in [2.24, 2.45) is 0 Å². The quantitative estimate of drug-likeness (QED) is 0.760. The second kappa shape index (κ2) is 10.3. The van der Waals surface area contributed by atoms with Gasteiger partial charge in [-0.3, -0.25) is 9.69 Å². The van der Waals surface area contributed by atoms with Crippen LogP contribution in [0.25, 0.3) is 0 Å². The van der Waals surface area contributed by atoms with Gasteiger partial charge in [0.2, 0.25) is 5.91 Å². The highest BCUT2D eigenvalue weighted by Gasteiger charge is 2.22. The SMILES string of the molecule is O=C(CCN1CCOC(c2ccc(Cl)cc2)C1)Nc1ccc(N2CCOCC2)cc1. The monoisotopic (exact) mass is 429 g/mol. The van der Waals surface area contributed by atoms with E-state index in [-0.39, 0.29) is 12.0 Å². The lowest BCUT2D eigenvalue weighted by Gasteiger charge is -2.33. The zero-order chi connectivity index (χ0) is 20.8. The third-order valence-electron chi connectivity index (χ3n) is 5.57. The maximum Gasteiger partial charge on any atom is 0.225 e. The summed E-state index contributed by atoms with van der Waals surface area (Å²) >= 11 is 5.98. The molecule has 30 heavy (non-hydrogen) atoms. The van der Waals surface area contributed by atoms with Crippen LogP contribution in [0.2, 0.25) is 5.02 Å². The van der Waals surface area contributed by atoms with Crippen LogP contribution in [0.15, 0.2) is 48.5 Å². The summed E-state index contributed by atoms with van der Waals surface area (Å²) in [5, 5.41) is 3.73. The molecule has 2 aliphatic heterocycles. The Morgan fingerprint density at radius 3 is 2.47 bits per heavy atom. The summed E-state index contributed by atoms with van der Waals surface area (Å²) in [4.78, 5) is 17.0. The van der Waals surface area contributed by atoms with E-state index in [0.29, 0.717) is 19.6 Å². The van der Waals surface area contributed by atoms with E-state index >= 15 is 0 Å². The number of nitrogens with zero attached hydrogens (tertiary/aromatic N) is 2. The first kappa shape index (κ1) is 21.1. The molecule has 1 amide bonds. The average molecular weight is 430 g/mol. The van der Waals surface area contributed by atoms with E-state index in [1.807, 2.05) is 36.4 Å². The van der Waals surface area contributed by atoms with Crippen LogP contribution in [0.1, 0.15) is 18.1 Å². The standard InChI is InChI=1S/C23H28ClN3O3/c24-19-3-1-18(2-4-19)22-17-26(11-16-30-22)10-9-23(28)25-20-5-7-21(8-6-20)27-12-14-29-15-13-27/h1-8,22H,9-17H2,(H,25,28). The Labute approximate surface area is 182 Å². The van der Waals surface area contributed by atoms with Crippen molar-refractivity contribution in [1.82, 2.24) is 4.90 Å². The van der Waals surface area contributed by atoms with Gasteiger partial charge in [-0.1, -0.05) is 23.7 Å². The molecule has 0 aliphatic carbocycles. The van der Waals surface area contributed by atoms with Crippen LogP contribution in [0, 0.1) is 0 Å². The zero-order valence-electron chi connectivity index (χ0n) is 17.1. The number of carbonyl (C=O) groups excluding carboxylic acids is 1. The molecule has 160 valence electrons. The summed E-state index contributed by atoms with van der Waals surface area (Å²) in [6.45, 7) is 6.33. The van der Waals surface area contributed by atoms with Crippen molar-refractivity contribution >= 4 is 28.9 Å². The number of rotatable bonds is 6. The van der Waals surface area contributed by atoms with E-state index in [0.717, 1.165) is 61.4 Å². The van der Waals surface area contributed by atoms with Gasteiger partial charge in [0.15, 0.2) is 0 Å². The number of carbonyl (C=O) groups is 1. The van der Waals surface area contributed by atoms with Gasteiger partial charge in [0, 0.05) is 55.5 Å². The highest BCUT2D eigenvalue weighted by molar-refractivity contribution is 6.30. The van der Waals surface area contributed by atoms with E-state index in [1.165, 1.54) is 0 Å². The van der Waals surface area contributed by atoms with Crippen molar-refractivity contribution in [3.8, 4) is 0 Å². The molecule has 2 aromatic rings. The summed E-state index contributed by atoms with van der Waals surface area (Å²) in [7, 11) is 0. The molecule has 0 radical (unpaired) electrons. The summed E-state index contributed by atoms with van der Waals surface area (Å²) in [5.41, 5.74) is 3.12. The first-order chi connectivity index (χ1) is 14.7. The zero-order valence-corrected chi connectivity index (χ0v) is 17.8. The number of nitrogens with one attached hydrogen (secondary N) is 1. The minimum Gasteiger partial charge on any atom is -0.378 e. The van der Waals surface area contributed by atoms with Crippen molar-refractivity contribution in [1.29, 1.82) is 0 Å². The molecule has 4 rings (SSSR count). The predicted octanol–water partition coefficient (Wildman–Crippen LogP) is 3.58. The first-order valence-electron chi connectivity index (χ1n) is 10.5. The maximum absolute atomic E-state index is 12.4. The molecule has 2 heterocycles. The van der Waals surface area contributed by atoms with Gasteiger partial charge in [-0.2, -0.15) is 0 Å². The van der Waals surface area contributed by atoms with Gasteiger partial charge in [0.05, 0.1) is 25.9 Å². The lowest BCUT2D eigenvalue weighted by Crippen LogP contribution is -2.39. The lowest BCUT2D eigenvalue weighted by atomic mass is 10.1. The summed E-state index contributed by atoms with van der Waals surface area (Å²) < 4.78 is 11.3. The Hall–Kier alpha value is -2.12. The molecule has 0 saturated carbocycles. The number of hydrogen-bond donors (Lipinski definition) is 1. The molecular formula is C23H28ClN3O3. The molecule has 2 saturated heterocycles. The van der Waals surface area contributed by atoms with Crippen molar-refractivity contribution in [2.45, 2.75) is 12.5 Å². The van der Waals surface area contributed by atoms with Crippen LogP contribution >= 0.6 is 11.6 Å². The van der Waals surface area contributed by atoms with Gasteiger partial charge in [-0.25, -0.2) is 0 Å². The number of morpholine rings is 2. The fraction of sp³-hybridized carbons (Fsp3) is 0.435. The van der Waals surface area contributed by atoms with Crippen LogP contribution in [0.4, 0.5) is 11.4 Å². The topological polar surface area (TPSA) is 54.0 Å². The fourth-order valence-corrected chi connectivity index (χ4v) is 3.97. The van der Waals surface area contributed by atoms with Gasteiger partial charge < -0.3 is 19.7 Å². The van der Waals surface area contributed by atoms with Gasteiger partial charge >= 0.3 is 0 Å². The lowest BCUT2D eigenvalue weighted by molar-refractivity contribution is -0.117. The van der Waals surface area contributed by atoms with Crippen LogP contribution in [-0.2, 0) is 14.3 Å². The average Bonchev–Trinajstić information content (AvgIpc) is 2.79. The molecule has 7 heteroatoms. The highest BCUT2D eigenvalue weighted by atomic mass is 35.5. The largest absolute Gasteiger partial charge is 0.378 e. The van der Waals surface area contributed by atoms with E-state index in [9.17, 15) is 4.79 Å². The third kappa shape index (κ3) is 5.73. The van der Waals surface area contributed by atoms with E-state index < -0.39 is 0 Å². The van der Waals surface area contributed by atoms with Crippen LogP contribution in [0.3, 0.4) is 0 Å². The highest BCUT2D eigenvalue weighted by Crippen LogP contribution is 2.24. The normalized spacial score (nSPS) is 20.2. The Bertz CT molecular complexity index is 823. The predicted molar refractivity (Wildman–Crippen MR) is 119 cm³/mol. The Morgan fingerprint density at radius 1 is 1.00 bits per heavy atom. The van der Waals surface area contributed by atoms with Crippen molar-refractivity contribution < 1.29 is 14.3 Å². The van der Waals surface area contributed by atoms with Gasteiger partial charge in [0.25, 0.3) is 0 Å². The van der Waals surface area contributed by atoms with Gasteiger partial charge in [-0.05, 0) is 42.0 Å². The third-order valence-corrected chi connectivity index (χ3v) is 5.83. The van der Waals surface area contributed by atoms with Gasteiger partial charge in [0.1, 0.15) is 0 Å². The van der Waals surface area contributed by atoms with Crippen molar-refractivity contribution in [3.05, 3.63) is 59.1 Å². The Kier molecular flexibility index (Phi) is 7.23. The van der Waals surface area contributed by atoms with Crippen LogP contribution in [0.5, 0.6) is 0 Å². The molecule has 0 aromatic heterocycles. The molecule has 2 fully saturated rings. The Balaban J connectivity index is 1.23. The summed E-state index contributed by atoms with van der Waals surface area (Å²) in [6.07, 6.45) is 0.477. The molecule has 2 aliphatic rings. The molecule has 1 N–H and O–H groups in total. The molecule has 2 aromatic carbocycles. The number of hydrogen-bond acceptors (Lipinski definition) is 5. The summed E-state index contributed by atoms with van der Waals surface area (Å²) in [6, 6.07) is 15.8. The molecule has 6 nitrogen and oxygen atoms in total. The number of ether oxygens (including phenoxy) is 2. The minimum absolute atomic E-state index is 0.0202. The first-order valence-corrected chi connectivity index (χ1v) is 10.9. The number of halogens is 1. The molecule has 1 unspecified atom stereocenters. The number of anilines is 2. The van der Waals surface area contributed by atoms with E-state index in [4.69, 9.17) is 21.1 Å². The second-order valence-electron chi connectivity index (χ2n) is 7.66. The molecule has 0 bridgehead atoms. The Morgan fingerprint density at radius 2 is 1.73 bits per heavy atom. The molecule has 1 atom stereocenters. The fourth-order valence-electron chi connectivity index (χ4n) is 3.84. The van der Waals surface area contributed by atoms with E-state index in [2.05, 4.69) is 27.2 Å². The number of amides is 1. The number of benzene rings is 2. The molecular weight excluding hydrogens is 402 g/mol.